The molecular formula is C26H31N3O4. The molecule has 1 fully saturated rings. The third-order valence-corrected chi connectivity index (χ3v) is 6.61. The first-order chi connectivity index (χ1) is 15.9. The summed E-state index contributed by atoms with van der Waals surface area (Å²) in [6.45, 7) is 4.15. The summed E-state index contributed by atoms with van der Waals surface area (Å²) in [6.07, 6.45) is 4.26. The number of azide groups is 1. The van der Waals surface area contributed by atoms with Gasteiger partial charge in [0.15, 0.2) is 0 Å². The summed E-state index contributed by atoms with van der Waals surface area (Å²) in [6, 6.07) is 15.6. The van der Waals surface area contributed by atoms with Crippen LogP contribution in [0.3, 0.4) is 0 Å². The normalized spacial score (nSPS) is 24.6. The van der Waals surface area contributed by atoms with Crippen LogP contribution < -0.4 is 9.47 Å². The zero-order valence-corrected chi connectivity index (χ0v) is 19.0. The van der Waals surface area contributed by atoms with Gasteiger partial charge in [-0.25, -0.2) is 0 Å². The van der Waals surface area contributed by atoms with Crippen LogP contribution in [-0.2, 0) is 6.42 Å². The molecule has 1 heterocycles. The highest BCUT2D eigenvalue weighted by atomic mass is 16.5. The van der Waals surface area contributed by atoms with E-state index in [0.29, 0.717) is 18.7 Å². The van der Waals surface area contributed by atoms with Crippen molar-refractivity contribution in [3.63, 3.8) is 0 Å². The lowest BCUT2D eigenvalue weighted by Gasteiger charge is -2.30. The highest BCUT2D eigenvalue weighted by Crippen LogP contribution is 2.52. The first kappa shape index (κ1) is 23.2. The Kier molecular flexibility index (Phi) is 6.94. The summed E-state index contributed by atoms with van der Waals surface area (Å²) in [5, 5.41) is 25.2. The highest BCUT2D eigenvalue weighted by Gasteiger charge is 2.49. The van der Waals surface area contributed by atoms with Gasteiger partial charge in [-0.1, -0.05) is 53.7 Å². The van der Waals surface area contributed by atoms with Crippen molar-refractivity contribution in [2.75, 3.05) is 6.54 Å². The summed E-state index contributed by atoms with van der Waals surface area (Å²) in [7, 11) is 0. The molecule has 2 aromatic rings. The van der Waals surface area contributed by atoms with Gasteiger partial charge in [0.05, 0.1) is 6.10 Å². The molecule has 0 amide bonds. The van der Waals surface area contributed by atoms with E-state index < -0.39 is 17.8 Å². The van der Waals surface area contributed by atoms with Gasteiger partial charge in [-0.05, 0) is 49.9 Å². The maximum absolute atomic E-state index is 10.8. The lowest BCUT2D eigenvalue weighted by atomic mass is 9.86. The van der Waals surface area contributed by atoms with Crippen LogP contribution in [0.1, 0.15) is 43.7 Å². The van der Waals surface area contributed by atoms with Crippen LogP contribution in [0.5, 0.6) is 11.5 Å². The largest absolute Gasteiger partial charge is 0.489 e. The first-order valence-electron chi connectivity index (χ1n) is 11.5. The number of nitrogens with zero attached hydrogens (tertiary/aromatic N) is 3. The van der Waals surface area contributed by atoms with Gasteiger partial charge in [0.2, 0.25) is 0 Å². The summed E-state index contributed by atoms with van der Waals surface area (Å²) in [5.74, 6) is 1.47. The van der Waals surface area contributed by atoms with E-state index in [4.69, 9.17) is 15.0 Å². The van der Waals surface area contributed by atoms with E-state index in [9.17, 15) is 10.2 Å². The van der Waals surface area contributed by atoms with Crippen LogP contribution in [0.15, 0.2) is 65.8 Å². The molecule has 5 atom stereocenters. The van der Waals surface area contributed by atoms with Gasteiger partial charge in [-0.15, -0.1) is 0 Å². The van der Waals surface area contributed by atoms with E-state index in [-0.39, 0.29) is 17.9 Å². The maximum atomic E-state index is 10.8. The van der Waals surface area contributed by atoms with Crippen LogP contribution in [0.25, 0.3) is 10.4 Å². The van der Waals surface area contributed by atoms with Crippen molar-refractivity contribution in [2.24, 2.45) is 11.0 Å². The Bertz CT molecular complexity index is 1030. The third-order valence-electron chi connectivity index (χ3n) is 6.61. The first-order valence-corrected chi connectivity index (χ1v) is 11.5. The summed E-state index contributed by atoms with van der Waals surface area (Å²) >= 11 is 0. The second-order valence-electron chi connectivity index (χ2n) is 9.30. The van der Waals surface area contributed by atoms with Crippen LogP contribution in [0.4, 0.5) is 0 Å². The minimum absolute atomic E-state index is 0.0358. The molecule has 0 aromatic heterocycles. The smallest absolute Gasteiger partial charge is 0.133 e. The predicted molar refractivity (Wildman–Crippen MR) is 126 cm³/mol. The minimum Gasteiger partial charge on any atom is -0.489 e. The fourth-order valence-corrected chi connectivity index (χ4v) is 4.87. The zero-order valence-electron chi connectivity index (χ0n) is 19.0. The number of benzene rings is 2. The third kappa shape index (κ3) is 5.01. The Balaban J connectivity index is 1.49. The number of hydrogen-bond acceptors (Lipinski definition) is 5. The van der Waals surface area contributed by atoms with E-state index >= 15 is 0 Å². The van der Waals surface area contributed by atoms with Crippen molar-refractivity contribution in [3.8, 4) is 11.5 Å². The molecule has 0 bridgehead atoms. The molecule has 7 nitrogen and oxygen atoms in total. The van der Waals surface area contributed by atoms with Gasteiger partial charge in [-0.3, -0.25) is 0 Å². The molecule has 2 aliphatic rings. The Morgan fingerprint density at radius 1 is 1.24 bits per heavy atom. The predicted octanol–water partition coefficient (Wildman–Crippen LogP) is 4.93. The number of ether oxygens (including phenoxy) is 2. The van der Waals surface area contributed by atoms with Crippen LogP contribution in [-0.4, -0.2) is 40.7 Å². The SMILES string of the molecule is CC(C)(Oc1ccccc1)[C@H](O)C=C[C@@H]1[C@H]2c3cccc(CCCN=[N+]=[N-])c3O[C@H]2C[C@H]1O. The average Bonchev–Trinajstić information content (AvgIpc) is 3.30. The molecule has 0 spiro atoms. The minimum atomic E-state index is -0.849. The Labute approximate surface area is 194 Å². The molecule has 7 heteroatoms. The van der Waals surface area contributed by atoms with E-state index in [2.05, 4.69) is 16.1 Å². The number of rotatable bonds is 9. The van der Waals surface area contributed by atoms with Crippen molar-refractivity contribution < 1.29 is 19.7 Å². The van der Waals surface area contributed by atoms with Gasteiger partial charge in [0.1, 0.15) is 29.3 Å². The van der Waals surface area contributed by atoms with Crippen molar-refractivity contribution in [1.82, 2.24) is 0 Å². The van der Waals surface area contributed by atoms with Crippen LogP contribution in [0.2, 0.25) is 0 Å². The fourth-order valence-electron chi connectivity index (χ4n) is 4.87. The van der Waals surface area contributed by atoms with Crippen molar-refractivity contribution >= 4 is 0 Å². The number of hydrogen-bond donors (Lipinski definition) is 2. The van der Waals surface area contributed by atoms with Gasteiger partial charge in [-0.2, -0.15) is 0 Å². The van der Waals surface area contributed by atoms with Gasteiger partial charge in [0, 0.05) is 35.3 Å². The van der Waals surface area contributed by atoms with E-state index in [1.807, 2.05) is 62.4 Å². The molecule has 2 N–H and O–H groups in total. The molecular weight excluding hydrogens is 418 g/mol. The molecule has 0 unspecified atom stereocenters. The average molecular weight is 450 g/mol. The van der Waals surface area contributed by atoms with Crippen molar-refractivity contribution in [3.05, 3.63) is 82.3 Å². The molecule has 1 aliphatic carbocycles. The van der Waals surface area contributed by atoms with Gasteiger partial charge in [0.25, 0.3) is 0 Å². The number of para-hydroxylation sites is 2. The number of fused-ring (bicyclic) bond motifs is 3. The second-order valence-corrected chi connectivity index (χ2v) is 9.30. The number of aryl methyl sites for hydroxylation is 1. The van der Waals surface area contributed by atoms with Crippen LogP contribution >= 0.6 is 0 Å². The number of aliphatic hydroxyl groups is 2. The van der Waals surface area contributed by atoms with E-state index in [1.54, 1.807) is 6.08 Å². The Morgan fingerprint density at radius 2 is 2.03 bits per heavy atom. The summed E-state index contributed by atoms with van der Waals surface area (Å²) in [4.78, 5) is 2.81. The van der Waals surface area contributed by atoms with Gasteiger partial charge < -0.3 is 19.7 Å². The molecule has 1 saturated carbocycles. The molecule has 33 heavy (non-hydrogen) atoms. The van der Waals surface area contributed by atoms with E-state index in [1.165, 1.54) is 0 Å². The standard InChI is InChI=1S/C26H31N3O4/c1-26(2,33-18-10-4-3-5-11-18)23(31)14-13-19-21(30)16-22-24(19)20-12-6-8-17(25(20)32-22)9-7-15-28-29-27/h3-6,8,10-14,19,21-24,30-31H,7,9,15-16H2,1-2H3/t19-,21+,22-,23+,24-/m0/s1. The van der Waals surface area contributed by atoms with Gasteiger partial charge >= 0.3 is 0 Å². The Hall–Kier alpha value is -2.99. The second kappa shape index (κ2) is 9.87. The lowest BCUT2D eigenvalue weighted by molar-refractivity contribution is -0.00221. The monoisotopic (exact) mass is 449 g/mol. The van der Waals surface area contributed by atoms with Crippen LogP contribution in [0, 0.1) is 5.92 Å². The molecule has 0 saturated heterocycles. The molecule has 4 rings (SSSR count). The molecule has 174 valence electrons. The van der Waals surface area contributed by atoms with Crippen molar-refractivity contribution in [1.29, 1.82) is 0 Å². The fraction of sp³-hybridized carbons (Fsp3) is 0.462. The quantitative estimate of drug-likeness (QED) is 0.186. The maximum Gasteiger partial charge on any atom is 0.133 e. The highest BCUT2D eigenvalue weighted by molar-refractivity contribution is 5.49. The zero-order chi connectivity index (χ0) is 23.4. The van der Waals surface area contributed by atoms with E-state index in [0.717, 1.165) is 29.7 Å². The van der Waals surface area contributed by atoms with Crippen molar-refractivity contribution in [2.45, 2.75) is 62.9 Å². The lowest BCUT2D eigenvalue weighted by Crippen LogP contribution is -2.41. The molecule has 0 radical (unpaired) electrons. The summed E-state index contributed by atoms with van der Waals surface area (Å²) in [5.41, 5.74) is 9.84. The Morgan fingerprint density at radius 3 is 2.79 bits per heavy atom. The molecule has 2 aromatic carbocycles. The summed E-state index contributed by atoms with van der Waals surface area (Å²) < 4.78 is 12.3. The topological polar surface area (TPSA) is 108 Å². The molecule has 1 aliphatic heterocycles. The number of aliphatic hydroxyl groups excluding tert-OH is 2.